The molecule has 24 heavy (non-hydrogen) atoms. The van der Waals surface area contributed by atoms with E-state index >= 15 is 0 Å². The van der Waals surface area contributed by atoms with Gasteiger partial charge in [0.1, 0.15) is 5.76 Å². The molecule has 0 aromatic carbocycles. The molecule has 0 spiro atoms. The third-order valence-corrected chi connectivity index (χ3v) is 7.16. The highest BCUT2D eigenvalue weighted by molar-refractivity contribution is 9.11. The summed E-state index contributed by atoms with van der Waals surface area (Å²) in [4.78, 5) is 15.2. The number of furan rings is 1. The van der Waals surface area contributed by atoms with Crippen LogP contribution in [0.2, 0.25) is 0 Å². The lowest BCUT2D eigenvalue weighted by molar-refractivity contribution is -0.128. The number of thiophene rings is 1. The maximum absolute atomic E-state index is 12.6. The highest BCUT2D eigenvalue weighted by atomic mass is 79.9. The zero-order valence-electron chi connectivity index (χ0n) is 12.7. The molecule has 0 bridgehead atoms. The van der Waals surface area contributed by atoms with Crippen LogP contribution >= 0.6 is 27.3 Å². The summed E-state index contributed by atoms with van der Waals surface area (Å²) in [7, 11) is -3.07. The van der Waals surface area contributed by atoms with Crippen molar-refractivity contribution in [2.75, 3.05) is 11.5 Å². The van der Waals surface area contributed by atoms with Gasteiger partial charge in [-0.1, -0.05) is 0 Å². The molecule has 3 rings (SSSR count). The number of sulfone groups is 1. The zero-order valence-corrected chi connectivity index (χ0v) is 15.9. The van der Waals surface area contributed by atoms with Crippen molar-refractivity contribution in [2.24, 2.45) is 0 Å². The van der Waals surface area contributed by atoms with Crippen molar-refractivity contribution in [3.05, 3.63) is 51.0 Å². The second-order valence-electron chi connectivity index (χ2n) is 5.58. The molecule has 2 aromatic heterocycles. The Morgan fingerprint density at radius 1 is 1.42 bits per heavy atom. The summed E-state index contributed by atoms with van der Waals surface area (Å²) >= 11 is 4.91. The maximum atomic E-state index is 12.6. The minimum atomic E-state index is -3.07. The van der Waals surface area contributed by atoms with Gasteiger partial charge in [0.25, 0.3) is 0 Å². The molecule has 0 N–H and O–H groups in total. The van der Waals surface area contributed by atoms with E-state index in [1.807, 2.05) is 12.1 Å². The molecule has 1 aliphatic heterocycles. The van der Waals surface area contributed by atoms with E-state index in [2.05, 4.69) is 15.9 Å². The van der Waals surface area contributed by atoms with E-state index in [4.69, 9.17) is 4.42 Å². The second kappa shape index (κ2) is 7.25. The van der Waals surface area contributed by atoms with Gasteiger partial charge in [-0.2, -0.15) is 0 Å². The van der Waals surface area contributed by atoms with Crippen molar-refractivity contribution >= 4 is 49.1 Å². The fraction of sp³-hybridized carbons (Fsp3) is 0.312. The molecule has 128 valence electrons. The van der Waals surface area contributed by atoms with E-state index in [0.717, 1.165) is 8.66 Å². The summed E-state index contributed by atoms with van der Waals surface area (Å²) in [5.74, 6) is 0.567. The fourth-order valence-corrected chi connectivity index (χ4v) is 5.70. The minimum absolute atomic E-state index is 0.0117. The largest absolute Gasteiger partial charge is 0.467 e. The average Bonchev–Trinajstić information content (AvgIpc) is 3.24. The zero-order chi connectivity index (χ0) is 17.2. The Morgan fingerprint density at radius 3 is 2.83 bits per heavy atom. The number of nitrogens with zero attached hydrogens (tertiary/aromatic N) is 1. The SMILES string of the molecule is O=C(/C=C/c1ccc(Br)s1)N(Cc1ccco1)C1CCS(=O)(=O)C1. The van der Waals surface area contributed by atoms with Gasteiger partial charge in [0.05, 0.1) is 28.1 Å². The topological polar surface area (TPSA) is 67.6 Å². The van der Waals surface area contributed by atoms with Gasteiger partial charge in [0, 0.05) is 17.0 Å². The third-order valence-electron chi connectivity index (χ3n) is 3.82. The van der Waals surface area contributed by atoms with Crippen LogP contribution in [-0.4, -0.2) is 36.8 Å². The smallest absolute Gasteiger partial charge is 0.247 e. The highest BCUT2D eigenvalue weighted by Crippen LogP contribution is 2.24. The van der Waals surface area contributed by atoms with Crippen molar-refractivity contribution in [1.29, 1.82) is 0 Å². The first kappa shape index (κ1) is 17.4. The van der Waals surface area contributed by atoms with E-state index in [9.17, 15) is 13.2 Å². The van der Waals surface area contributed by atoms with Crippen molar-refractivity contribution in [1.82, 2.24) is 4.90 Å². The van der Waals surface area contributed by atoms with E-state index < -0.39 is 9.84 Å². The average molecular weight is 430 g/mol. The maximum Gasteiger partial charge on any atom is 0.247 e. The summed E-state index contributed by atoms with van der Waals surface area (Å²) in [5.41, 5.74) is 0. The number of carbonyl (C=O) groups is 1. The Morgan fingerprint density at radius 2 is 2.25 bits per heavy atom. The normalized spacial score (nSPS) is 19.8. The van der Waals surface area contributed by atoms with Crippen LogP contribution in [0, 0.1) is 0 Å². The van der Waals surface area contributed by atoms with E-state index in [-0.39, 0.29) is 30.0 Å². The molecular weight excluding hydrogens is 414 g/mol. The van der Waals surface area contributed by atoms with Crippen LogP contribution in [0.1, 0.15) is 17.1 Å². The second-order valence-corrected chi connectivity index (χ2v) is 10.3. The molecule has 1 unspecified atom stereocenters. The molecular formula is C16H16BrNO4S2. The van der Waals surface area contributed by atoms with Crippen molar-refractivity contribution in [3.8, 4) is 0 Å². The summed E-state index contributed by atoms with van der Waals surface area (Å²) < 4.78 is 29.8. The molecule has 8 heteroatoms. The van der Waals surface area contributed by atoms with Crippen LogP contribution in [0.4, 0.5) is 0 Å². The van der Waals surface area contributed by atoms with Crippen LogP contribution < -0.4 is 0 Å². The molecule has 2 aromatic rings. The first-order valence-corrected chi connectivity index (χ1v) is 10.8. The van der Waals surface area contributed by atoms with Gasteiger partial charge in [-0.15, -0.1) is 11.3 Å². The first-order chi connectivity index (χ1) is 11.4. The molecule has 1 fully saturated rings. The van der Waals surface area contributed by atoms with Crippen LogP contribution in [0.5, 0.6) is 0 Å². The molecule has 1 aliphatic rings. The monoisotopic (exact) mass is 429 g/mol. The van der Waals surface area contributed by atoms with E-state index in [1.165, 1.54) is 17.4 Å². The molecule has 1 saturated heterocycles. The number of halogens is 1. The Balaban J connectivity index is 1.78. The molecule has 0 aliphatic carbocycles. The molecule has 0 radical (unpaired) electrons. The van der Waals surface area contributed by atoms with Crippen LogP contribution in [0.25, 0.3) is 6.08 Å². The van der Waals surface area contributed by atoms with Gasteiger partial charge in [-0.25, -0.2) is 8.42 Å². The fourth-order valence-electron chi connectivity index (χ4n) is 2.65. The van der Waals surface area contributed by atoms with E-state index in [1.54, 1.807) is 29.4 Å². The van der Waals surface area contributed by atoms with Crippen LogP contribution in [0.15, 0.2) is 44.8 Å². The number of hydrogen-bond acceptors (Lipinski definition) is 5. The number of hydrogen-bond donors (Lipinski definition) is 0. The van der Waals surface area contributed by atoms with Gasteiger partial charge < -0.3 is 9.32 Å². The van der Waals surface area contributed by atoms with Gasteiger partial charge in [0.15, 0.2) is 9.84 Å². The first-order valence-electron chi connectivity index (χ1n) is 7.40. The Kier molecular flexibility index (Phi) is 5.27. The van der Waals surface area contributed by atoms with Crippen LogP contribution in [-0.2, 0) is 21.2 Å². The van der Waals surface area contributed by atoms with Crippen LogP contribution in [0.3, 0.4) is 0 Å². The van der Waals surface area contributed by atoms with Crippen molar-refractivity contribution in [3.63, 3.8) is 0 Å². The summed E-state index contributed by atoms with van der Waals surface area (Å²) in [6.07, 6.45) is 5.25. The lowest BCUT2D eigenvalue weighted by Gasteiger charge is -2.26. The Bertz CT molecular complexity index is 839. The number of rotatable bonds is 5. The predicted molar refractivity (Wildman–Crippen MR) is 97.4 cm³/mol. The lowest BCUT2D eigenvalue weighted by atomic mass is 10.2. The highest BCUT2D eigenvalue weighted by Gasteiger charge is 2.34. The molecule has 3 heterocycles. The summed E-state index contributed by atoms with van der Waals surface area (Å²) in [5, 5.41) is 0. The quantitative estimate of drug-likeness (QED) is 0.683. The Labute approximate surface area is 153 Å². The molecule has 1 amide bonds. The Hall–Kier alpha value is -1.38. The van der Waals surface area contributed by atoms with Gasteiger partial charge >= 0.3 is 0 Å². The number of amides is 1. The number of carbonyl (C=O) groups excluding carboxylic acids is 1. The third kappa shape index (κ3) is 4.37. The predicted octanol–water partition coefficient (Wildman–Crippen LogP) is 3.33. The lowest BCUT2D eigenvalue weighted by Crippen LogP contribution is -2.39. The minimum Gasteiger partial charge on any atom is -0.467 e. The van der Waals surface area contributed by atoms with Gasteiger partial charge in [-0.05, 0) is 52.7 Å². The van der Waals surface area contributed by atoms with Crippen molar-refractivity contribution < 1.29 is 17.6 Å². The standard InChI is InChI=1S/C16H16BrNO4S2/c17-15-5-3-14(23-15)4-6-16(19)18(10-13-2-1-8-22-13)12-7-9-24(20,21)11-12/h1-6,8,12H,7,9-11H2/b6-4+. The molecule has 5 nitrogen and oxygen atoms in total. The van der Waals surface area contributed by atoms with Gasteiger partial charge in [0.2, 0.25) is 5.91 Å². The summed E-state index contributed by atoms with van der Waals surface area (Å²) in [6, 6.07) is 7.05. The van der Waals surface area contributed by atoms with E-state index in [0.29, 0.717) is 12.2 Å². The van der Waals surface area contributed by atoms with Crippen molar-refractivity contribution in [2.45, 2.75) is 19.0 Å². The van der Waals surface area contributed by atoms with Gasteiger partial charge in [-0.3, -0.25) is 4.79 Å². The molecule has 1 atom stereocenters. The molecule has 0 saturated carbocycles. The summed E-state index contributed by atoms with van der Waals surface area (Å²) in [6.45, 7) is 0.268.